The summed E-state index contributed by atoms with van der Waals surface area (Å²) in [5.74, 6) is 0.689. The van der Waals surface area contributed by atoms with Gasteiger partial charge in [0.15, 0.2) is 5.82 Å². The van der Waals surface area contributed by atoms with E-state index in [0.717, 1.165) is 35.2 Å². The van der Waals surface area contributed by atoms with Crippen LogP contribution in [0.1, 0.15) is 13.3 Å². The molecule has 8 heteroatoms. The Kier molecular flexibility index (Phi) is 4.92. The van der Waals surface area contributed by atoms with Gasteiger partial charge in [0.25, 0.3) is 0 Å². The van der Waals surface area contributed by atoms with Gasteiger partial charge in [-0.2, -0.15) is 4.98 Å². The molecule has 0 amide bonds. The molecule has 0 saturated heterocycles. The monoisotopic (exact) mass is 394 g/mol. The van der Waals surface area contributed by atoms with Gasteiger partial charge in [-0.1, -0.05) is 19.1 Å². The molecule has 0 N–H and O–H groups in total. The predicted octanol–water partition coefficient (Wildman–Crippen LogP) is 3.52. The van der Waals surface area contributed by atoms with E-state index in [4.69, 9.17) is 11.6 Å². The van der Waals surface area contributed by atoms with Crippen molar-refractivity contribution in [1.29, 1.82) is 0 Å². The molecule has 142 valence electrons. The molecule has 3 aromatic rings. The molecule has 2 atom stereocenters. The van der Waals surface area contributed by atoms with Gasteiger partial charge in [-0.25, -0.2) is 15.0 Å². The summed E-state index contributed by atoms with van der Waals surface area (Å²) < 4.78 is 0. The van der Waals surface area contributed by atoms with Gasteiger partial charge in [-0.05, 0) is 35.7 Å². The van der Waals surface area contributed by atoms with Crippen molar-refractivity contribution >= 4 is 35.1 Å². The minimum atomic E-state index is -0.328. The third-order valence-electron chi connectivity index (χ3n) is 5.08. The van der Waals surface area contributed by atoms with Gasteiger partial charge in [0.05, 0.1) is 17.9 Å². The summed E-state index contributed by atoms with van der Waals surface area (Å²) in [5, 5.41) is 0.171. The maximum atomic E-state index is 11.9. The average molecular weight is 395 g/mol. The molecule has 0 fully saturated rings. The van der Waals surface area contributed by atoms with Crippen LogP contribution in [-0.2, 0) is 4.79 Å². The quantitative estimate of drug-likeness (QED) is 0.495. The largest absolute Gasteiger partial charge is 0.359 e. The Morgan fingerprint density at radius 3 is 2.68 bits per heavy atom. The van der Waals surface area contributed by atoms with Crippen molar-refractivity contribution in [2.45, 2.75) is 25.4 Å². The van der Waals surface area contributed by atoms with Crippen molar-refractivity contribution in [1.82, 2.24) is 19.9 Å². The second-order valence-corrected chi connectivity index (χ2v) is 6.95. The standard InChI is InChI=1S/C20H19ClN6O/c1-3-16-18(11-28)26(2)17-10-24-20(21)25-19(17)27(16)15-6-4-5-13(7-15)14-8-22-12-23-9-14/h4-12,16,18H,3H2,1-2H3. The lowest BCUT2D eigenvalue weighted by Crippen LogP contribution is -2.54. The lowest BCUT2D eigenvalue weighted by Gasteiger charge is -2.45. The summed E-state index contributed by atoms with van der Waals surface area (Å²) in [5.41, 5.74) is 3.58. The summed E-state index contributed by atoms with van der Waals surface area (Å²) in [7, 11) is 1.88. The molecular formula is C20H19ClN6O. The predicted molar refractivity (Wildman–Crippen MR) is 109 cm³/mol. The zero-order chi connectivity index (χ0) is 19.7. The number of likely N-dealkylation sites (N-methyl/N-ethyl adjacent to an activating group) is 1. The number of halogens is 1. The van der Waals surface area contributed by atoms with E-state index in [1.807, 2.05) is 36.2 Å². The Hall–Kier alpha value is -3.06. The van der Waals surface area contributed by atoms with Crippen LogP contribution in [0.15, 0.2) is 49.2 Å². The lowest BCUT2D eigenvalue weighted by molar-refractivity contribution is -0.109. The molecular weight excluding hydrogens is 376 g/mol. The highest BCUT2D eigenvalue weighted by atomic mass is 35.5. The van der Waals surface area contributed by atoms with Gasteiger partial charge in [0, 0.05) is 30.7 Å². The summed E-state index contributed by atoms with van der Waals surface area (Å²) in [6.45, 7) is 2.06. The number of rotatable bonds is 4. The maximum absolute atomic E-state index is 11.9. The van der Waals surface area contributed by atoms with Crippen LogP contribution in [0.3, 0.4) is 0 Å². The van der Waals surface area contributed by atoms with E-state index in [1.54, 1.807) is 18.6 Å². The second kappa shape index (κ2) is 7.52. The Morgan fingerprint density at radius 1 is 1.18 bits per heavy atom. The van der Waals surface area contributed by atoms with Crippen LogP contribution in [-0.4, -0.2) is 45.4 Å². The smallest absolute Gasteiger partial charge is 0.224 e. The minimum Gasteiger partial charge on any atom is -0.359 e. The number of hydrogen-bond donors (Lipinski definition) is 0. The molecule has 2 unspecified atom stereocenters. The van der Waals surface area contributed by atoms with Crippen LogP contribution < -0.4 is 9.80 Å². The fourth-order valence-corrected chi connectivity index (χ4v) is 3.83. The van der Waals surface area contributed by atoms with Crippen LogP contribution in [0.25, 0.3) is 11.1 Å². The van der Waals surface area contributed by atoms with E-state index in [-0.39, 0.29) is 17.4 Å². The van der Waals surface area contributed by atoms with E-state index < -0.39 is 0 Å². The van der Waals surface area contributed by atoms with Crippen molar-refractivity contribution in [3.8, 4) is 11.1 Å². The van der Waals surface area contributed by atoms with Gasteiger partial charge in [-0.15, -0.1) is 0 Å². The summed E-state index contributed by atoms with van der Waals surface area (Å²) in [6, 6.07) is 7.61. The number of aldehydes is 1. The molecule has 28 heavy (non-hydrogen) atoms. The van der Waals surface area contributed by atoms with Gasteiger partial charge in [0.1, 0.15) is 18.7 Å². The van der Waals surface area contributed by atoms with Gasteiger partial charge < -0.3 is 14.6 Å². The minimum absolute atomic E-state index is 0.0942. The van der Waals surface area contributed by atoms with Gasteiger partial charge in [0.2, 0.25) is 5.28 Å². The van der Waals surface area contributed by atoms with Crippen molar-refractivity contribution < 1.29 is 4.79 Å². The Morgan fingerprint density at radius 2 is 1.96 bits per heavy atom. The van der Waals surface area contributed by atoms with Crippen molar-refractivity contribution in [3.05, 3.63) is 54.5 Å². The highest BCUT2D eigenvalue weighted by Gasteiger charge is 2.38. The molecule has 2 aromatic heterocycles. The van der Waals surface area contributed by atoms with E-state index in [2.05, 4.69) is 31.8 Å². The first-order valence-electron chi connectivity index (χ1n) is 8.99. The zero-order valence-corrected chi connectivity index (χ0v) is 16.3. The van der Waals surface area contributed by atoms with Crippen molar-refractivity contribution in [3.63, 3.8) is 0 Å². The van der Waals surface area contributed by atoms with Crippen LogP contribution >= 0.6 is 11.6 Å². The molecule has 7 nitrogen and oxygen atoms in total. The summed E-state index contributed by atoms with van der Waals surface area (Å²) >= 11 is 6.11. The van der Waals surface area contributed by atoms with Crippen LogP contribution in [0.2, 0.25) is 5.28 Å². The van der Waals surface area contributed by atoms with E-state index >= 15 is 0 Å². The lowest BCUT2D eigenvalue weighted by atomic mass is 9.98. The maximum Gasteiger partial charge on any atom is 0.224 e. The molecule has 0 saturated carbocycles. The summed E-state index contributed by atoms with van der Waals surface area (Å²) in [6.07, 6.45) is 8.45. The highest BCUT2D eigenvalue weighted by molar-refractivity contribution is 6.28. The number of carbonyl (C=O) groups excluding carboxylic acids is 1. The molecule has 3 heterocycles. The third kappa shape index (κ3) is 3.07. The second-order valence-electron chi connectivity index (χ2n) is 6.61. The van der Waals surface area contributed by atoms with Crippen LogP contribution in [0.5, 0.6) is 0 Å². The molecule has 1 aliphatic rings. The van der Waals surface area contributed by atoms with Crippen LogP contribution in [0.4, 0.5) is 17.2 Å². The number of carbonyl (C=O) groups is 1. The fraction of sp³-hybridized carbons (Fsp3) is 0.250. The number of fused-ring (bicyclic) bond motifs is 1. The molecule has 0 radical (unpaired) electrons. The third-order valence-corrected chi connectivity index (χ3v) is 5.26. The highest BCUT2D eigenvalue weighted by Crippen LogP contribution is 2.42. The first kappa shape index (κ1) is 18.3. The molecule has 0 bridgehead atoms. The molecule has 0 aliphatic carbocycles. The first-order valence-corrected chi connectivity index (χ1v) is 9.37. The summed E-state index contributed by atoms with van der Waals surface area (Å²) in [4.78, 5) is 32.7. The Bertz CT molecular complexity index is 999. The number of hydrogen-bond acceptors (Lipinski definition) is 7. The number of nitrogens with zero attached hydrogens (tertiary/aromatic N) is 6. The average Bonchev–Trinajstić information content (AvgIpc) is 2.74. The molecule has 4 rings (SSSR count). The molecule has 1 aliphatic heterocycles. The molecule has 0 spiro atoms. The number of benzene rings is 1. The normalized spacial score (nSPS) is 18.7. The Labute approximate surface area is 168 Å². The fourth-order valence-electron chi connectivity index (χ4n) is 3.70. The van der Waals surface area contributed by atoms with E-state index in [1.165, 1.54) is 6.33 Å². The van der Waals surface area contributed by atoms with Crippen molar-refractivity contribution in [2.75, 3.05) is 16.8 Å². The van der Waals surface area contributed by atoms with Crippen molar-refractivity contribution in [2.24, 2.45) is 0 Å². The SMILES string of the molecule is CCC1C(C=O)N(C)c2cnc(Cl)nc2N1c1cccc(-c2cncnc2)c1. The van der Waals surface area contributed by atoms with E-state index in [0.29, 0.717) is 5.82 Å². The Balaban J connectivity index is 1.89. The first-order chi connectivity index (χ1) is 13.6. The van der Waals surface area contributed by atoms with Gasteiger partial charge in [-0.3, -0.25) is 0 Å². The topological polar surface area (TPSA) is 75.1 Å². The zero-order valence-electron chi connectivity index (χ0n) is 15.5. The number of aromatic nitrogens is 4. The number of anilines is 3. The van der Waals surface area contributed by atoms with Gasteiger partial charge >= 0.3 is 0 Å². The van der Waals surface area contributed by atoms with Crippen LogP contribution in [0, 0.1) is 0 Å². The molecule has 1 aromatic carbocycles. The van der Waals surface area contributed by atoms with E-state index in [9.17, 15) is 4.79 Å².